The first kappa shape index (κ1) is 18.1. The highest BCUT2D eigenvalue weighted by Gasteiger charge is 2.15. The molecule has 0 radical (unpaired) electrons. The van der Waals surface area contributed by atoms with Crippen LogP contribution in [0.2, 0.25) is 0 Å². The number of nitrogens with one attached hydrogen (secondary N) is 1. The second-order valence-electron chi connectivity index (χ2n) is 4.30. The van der Waals surface area contributed by atoms with Gasteiger partial charge in [-0.3, -0.25) is 9.59 Å². The molecule has 8 nitrogen and oxygen atoms in total. The van der Waals surface area contributed by atoms with Crippen molar-refractivity contribution in [2.24, 2.45) is 5.10 Å². The summed E-state index contributed by atoms with van der Waals surface area (Å²) >= 11 is 0. The Labute approximate surface area is 133 Å². The molecule has 1 N–H and O–H groups in total. The molecule has 0 unspecified atom stereocenters. The molecule has 0 spiro atoms. The lowest BCUT2D eigenvalue weighted by molar-refractivity contribution is -0.140. The number of hydrogen-bond donors (Lipinski definition) is 1. The molecule has 0 fully saturated rings. The molecule has 1 amide bonds. The number of methoxy groups -OCH3 is 3. The van der Waals surface area contributed by atoms with Crippen LogP contribution in [0.25, 0.3) is 0 Å². The van der Waals surface area contributed by atoms with E-state index in [9.17, 15) is 14.4 Å². The summed E-state index contributed by atoms with van der Waals surface area (Å²) in [4.78, 5) is 34.6. The molecule has 1 rings (SSSR count). The van der Waals surface area contributed by atoms with Gasteiger partial charge in [0.25, 0.3) is 5.91 Å². The lowest BCUT2D eigenvalue weighted by atomic mass is 10.2. The summed E-state index contributed by atoms with van der Waals surface area (Å²) < 4.78 is 14.0. The number of hydrogen-bond acceptors (Lipinski definition) is 7. The summed E-state index contributed by atoms with van der Waals surface area (Å²) in [5.41, 5.74) is 2.50. The molecule has 0 bridgehead atoms. The van der Waals surface area contributed by atoms with Crippen molar-refractivity contribution in [1.82, 2.24) is 5.43 Å². The van der Waals surface area contributed by atoms with Crippen molar-refractivity contribution >= 4 is 23.6 Å². The van der Waals surface area contributed by atoms with Crippen molar-refractivity contribution < 1.29 is 28.6 Å². The SMILES string of the molecule is COC(=O)CC/C(=N\NC(=O)c1ccc(OC)cc1)C(=O)OC. The quantitative estimate of drug-likeness (QED) is 0.454. The van der Waals surface area contributed by atoms with E-state index in [1.165, 1.54) is 21.3 Å². The van der Waals surface area contributed by atoms with Crippen LogP contribution in [0.4, 0.5) is 0 Å². The monoisotopic (exact) mass is 322 g/mol. The summed E-state index contributed by atoms with van der Waals surface area (Å²) in [5, 5.41) is 3.72. The van der Waals surface area contributed by atoms with Crippen molar-refractivity contribution in [3.05, 3.63) is 29.8 Å². The summed E-state index contributed by atoms with van der Waals surface area (Å²) in [6, 6.07) is 6.35. The number of esters is 2. The zero-order valence-electron chi connectivity index (χ0n) is 13.1. The number of hydrazone groups is 1. The van der Waals surface area contributed by atoms with Gasteiger partial charge in [-0.1, -0.05) is 0 Å². The third-order valence-electron chi connectivity index (χ3n) is 2.86. The van der Waals surface area contributed by atoms with Gasteiger partial charge in [0, 0.05) is 12.0 Å². The van der Waals surface area contributed by atoms with Crippen LogP contribution in [0.5, 0.6) is 5.75 Å². The normalized spacial score (nSPS) is 10.7. The maximum atomic E-state index is 12.0. The van der Waals surface area contributed by atoms with Gasteiger partial charge in [-0.25, -0.2) is 10.2 Å². The summed E-state index contributed by atoms with van der Waals surface area (Å²) in [6.45, 7) is 0. The van der Waals surface area contributed by atoms with Gasteiger partial charge < -0.3 is 14.2 Å². The first-order valence-electron chi connectivity index (χ1n) is 6.68. The molecule has 1 aromatic rings. The number of nitrogens with zero attached hydrogens (tertiary/aromatic N) is 1. The smallest absolute Gasteiger partial charge is 0.354 e. The Bertz CT molecular complexity index is 594. The third kappa shape index (κ3) is 5.77. The molecule has 0 atom stereocenters. The third-order valence-corrected chi connectivity index (χ3v) is 2.86. The Morgan fingerprint density at radius 3 is 2.17 bits per heavy atom. The molecule has 0 aliphatic carbocycles. The predicted octanol–water partition coefficient (Wildman–Crippen LogP) is 0.907. The van der Waals surface area contributed by atoms with Crippen LogP contribution in [0.3, 0.4) is 0 Å². The van der Waals surface area contributed by atoms with Crippen molar-refractivity contribution in [2.75, 3.05) is 21.3 Å². The Kier molecular flexibility index (Phi) is 7.25. The van der Waals surface area contributed by atoms with Crippen LogP contribution in [0, 0.1) is 0 Å². The lowest BCUT2D eigenvalue weighted by Gasteiger charge is -2.05. The van der Waals surface area contributed by atoms with Crippen LogP contribution in [-0.4, -0.2) is 44.9 Å². The minimum absolute atomic E-state index is 0.0117. The minimum Gasteiger partial charge on any atom is -0.497 e. The number of amides is 1. The molecular weight excluding hydrogens is 304 g/mol. The first-order chi connectivity index (χ1) is 11.0. The van der Waals surface area contributed by atoms with Crippen molar-refractivity contribution in [2.45, 2.75) is 12.8 Å². The van der Waals surface area contributed by atoms with Crippen molar-refractivity contribution in [3.63, 3.8) is 0 Å². The summed E-state index contributed by atoms with van der Waals surface area (Å²) in [7, 11) is 3.94. The van der Waals surface area contributed by atoms with Crippen LogP contribution in [-0.2, 0) is 19.1 Å². The summed E-state index contributed by atoms with van der Waals surface area (Å²) in [5.74, 6) is -1.13. The Hall–Kier alpha value is -2.90. The van der Waals surface area contributed by atoms with E-state index in [4.69, 9.17) is 4.74 Å². The first-order valence-corrected chi connectivity index (χ1v) is 6.68. The van der Waals surface area contributed by atoms with E-state index in [2.05, 4.69) is 20.0 Å². The van der Waals surface area contributed by atoms with Gasteiger partial charge in [0.15, 0.2) is 0 Å². The Morgan fingerprint density at radius 1 is 1.00 bits per heavy atom. The average molecular weight is 322 g/mol. The van der Waals surface area contributed by atoms with Crippen molar-refractivity contribution in [3.8, 4) is 5.75 Å². The second-order valence-corrected chi connectivity index (χ2v) is 4.30. The zero-order valence-corrected chi connectivity index (χ0v) is 13.1. The van der Waals surface area contributed by atoms with E-state index >= 15 is 0 Å². The molecular formula is C15H18N2O6. The highest BCUT2D eigenvalue weighted by atomic mass is 16.5. The molecule has 0 aromatic heterocycles. The largest absolute Gasteiger partial charge is 0.497 e. The molecule has 124 valence electrons. The molecule has 23 heavy (non-hydrogen) atoms. The molecule has 1 aromatic carbocycles. The standard InChI is InChI=1S/C15H18N2O6/c1-21-11-6-4-10(5-7-11)14(19)17-16-12(15(20)23-3)8-9-13(18)22-2/h4-7H,8-9H2,1-3H3,(H,17,19)/b16-12+. The number of carbonyl (C=O) groups is 3. The molecule has 0 saturated carbocycles. The molecule has 0 saturated heterocycles. The van der Waals surface area contributed by atoms with Gasteiger partial charge >= 0.3 is 11.9 Å². The molecule has 8 heteroatoms. The molecule has 0 aliphatic rings. The van der Waals surface area contributed by atoms with E-state index < -0.39 is 17.8 Å². The number of carbonyl (C=O) groups excluding carboxylic acids is 3. The maximum absolute atomic E-state index is 12.0. The Morgan fingerprint density at radius 2 is 1.65 bits per heavy atom. The van der Waals surface area contributed by atoms with Gasteiger partial charge in [0.05, 0.1) is 27.8 Å². The van der Waals surface area contributed by atoms with Crippen molar-refractivity contribution in [1.29, 1.82) is 0 Å². The van der Waals surface area contributed by atoms with E-state index in [-0.39, 0.29) is 18.6 Å². The fraction of sp³-hybridized carbons (Fsp3) is 0.333. The van der Waals surface area contributed by atoms with E-state index in [1.54, 1.807) is 24.3 Å². The van der Waals surface area contributed by atoms with Crippen LogP contribution in [0.15, 0.2) is 29.4 Å². The number of benzene rings is 1. The fourth-order valence-corrected chi connectivity index (χ4v) is 1.57. The highest BCUT2D eigenvalue weighted by Crippen LogP contribution is 2.11. The lowest BCUT2D eigenvalue weighted by Crippen LogP contribution is -2.25. The van der Waals surface area contributed by atoms with Crippen LogP contribution in [0.1, 0.15) is 23.2 Å². The van der Waals surface area contributed by atoms with E-state index in [0.29, 0.717) is 11.3 Å². The zero-order chi connectivity index (χ0) is 17.2. The van der Waals surface area contributed by atoms with Crippen LogP contribution >= 0.6 is 0 Å². The molecule has 0 aliphatic heterocycles. The van der Waals surface area contributed by atoms with Gasteiger partial charge in [0.2, 0.25) is 0 Å². The van der Waals surface area contributed by atoms with Gasteiger partial charge in [-0.15, -0.1) is 0 Å². The fourth-order valence-electron chi connectivity index (χ4n) is 1.57. The Balaban J connectivity index is 2.75. The highest BCUT2D eigenvalue weighted by molar-refractivity contribution is 6.36. The van der Waals surface area contributed by atoms with Gasteiger partial charge in [-0.2, -0.15) is 5.10 Å². The van der Waals surface area contributed by atoms with Gasteiger partial charge in [0.1, 0.15) is 11.5 Å². The second kappa shape index (κ2) is 9.19. The van der Waals surface area contributed by atoms with E-state index in [1.807, 2.05) is 0 Å². The maximum Gasteiger partial charge on any atom is 0.354 e. The number of rotatable bonds is 7. The predicted molar refractivity (Wildman–Crippen MR) is 81.2 cm³/mol. The number of ether oxygens (including phenoxy) is 3. The topological polar surface area (TPSA) is 103 Å². The molecule has 0 heterocycles. The van der Waals surface area contributed by atoms with Crippen LogP contribution < -0.4 is 10.2 Å². The minimum atomic E-state index is -0.732. The summed E-state index contributed by atoms with van der Waals surface area (Å²) in [6.07, 6.45) is -0.0644. The average Bonchev–Trinajstić information content (AvgIpc) is 2.60. The van der Waals surface area contributed by atoms with Gasteiger partial charge in [-0.05, 0) is 24.3 Å². The van der Waals surface area contributed by atoms with E-state index in [0.717, 1.165) is 0 Å².